The van der Waals surface area contributed by atoms with Crippen LogP contribution in [0, 0.1) is 0 Å². The Morgan fingerprint density at radius 1 is 1.90 bits per heavy atom. The number of allylic oxidation sites excluding steroid dienone is 1. The Morgan fingerprint density at radius 2 is 2.60 bits per heavy atom. The molecule has 5 heteroatoms. The van der Waals surface area contributed by atoms with Gasteiger partial charge >= 0.3 is 5.69 Å². The summed E-state index contributed by atoms with van der Waals surface area (Å²) in [4.78, 5) is 10.7. The van der Waals surface area contributed by atoms with Crippen molar-refractivity contribution in [2.24, 2.45) is 0 Å². The molecule has 10 heavy (non-hydrogen) atoms. The van der Waals surface area contributed by atoms with E-state index >= 15 is 0 Å². The summed E-state index contributed by atoms with van der Waals surface area (Å²) in [6.45, 7) is 3.85. The maximum absolute atomic E-state index is 10.7. The van der Waals surface area contributed by atoms with Crippen LogP contribution in [0.25, 0.3) is 0 Å². The molecule has 0 amide bonds. The lowest BCUT2D eigenvalue weighted by molar-refractivity contribution is 0.793. The second kappa shape index (κ2) is 2.38. The highest BCUT2D eigenvalue weighted by molar-refractivity contribution is 5.13. The molecule has 1 aromatic heterocycles. The van der Waals surface area contributed by atoms with Crippen LogP contribution in [0.4, 0.5) is 5.95 Å². The Hall–Kier alpha value is -1.52. The van der Waals surface area contributed by atoms with Gasteiger partial charge in [0.2, 0.25) is 5.95 Å². The quantitative estimate of drug-likeness (QED) is 0.535. The normalized spacial score (nSPS) is 9.60. The first-order valence-corrected chi connectivity index (χ1v) is 2.77. The molecular weight excluding hydrogens is 132 g/mol. The molecule has 0 fully saturated rings. The molecule has 0 spiro atoms. The van der Waals surface area contributed by atoms with Crippen molar-refractivity contribution in [3.05, 3.63) is 23.1 Å². The van der Waals surface area contributed by atoms with Crippen LogP contribution in [-0.2, 0) is 6.54 Å². The van der Waals surface area contributed by atoms with Crippen LogP contribution < -0.4 is 11.4 Å². The van der Waals surface area contributed by atoms with Crippen LogP contribution >= 0.6 is 0 Å². The third kappa shape index (κ3) is 0.928. The first kappa shape index (κ1) is 6.60. The fourth-order valence-corrected chi connectivity index (χ4v) is 0.635. The molecular formula is C5H8N4O. The molecule has 0 radical (unpaired) electrons. The smallest absolute Gasteiger partial charge is 0.345 e. The van der Waals surface area contributed by atoms with E-state index in [9.17, 15) is 4.79 Å². The van der Waals surface area contributed by atoms with E-state index in [1.807, 2.05) is 0 Å². The highest BCUT2D eigenvalue weighted by Crippen LogP contribution is 1.88. The number of hydrogen-bond donors (Lipinski definition) is 2. The topological polar surface area (TPSA) is 76.7 Å². The zero-order chi connectivity index (χ0) is 7.56. The van der Waals surface area contributed by atoms with Crippen LogP contribution in [0.3, 0.4) is 0 Å². The Balaban J connectivity index is 3.10. The van der Waals surface area contributed by atoms with Gasteiger partial charge in [-0.05, 0) is 0 Å². The molecule has 54 valence electrons. The number of aromatic amines is 1. The zero-order valence-electron chi connectivity index (χ0n) is 5.37. The lowest BCUT2D eigenvalue weighted by atomic mass is 10.6. The maximum Gasteiger partial charge on any atom is 0.345 e. The molecule has 0 aliphatic carbocycles. The second-order valence-corrected chi connectivity index (χ2v) is 1.79. The molecule has 0 unspecified atom stereocenters. The highest BCUT2D eigenvalue weighted by Gasteiger charge is 1.99. The summed E-state index contributed by atoms with van der Waals surface area (Å²) in [7, 11) is 0. The summed E-state index contributed by atoms with van der Waals surface area (Å²) in [5.74, 6) is 0.185. The molecule has 0 atom stereocenters. The third-order valence-corrected chi connectivity index (χ3v) is 1.10. The lowest BCUT2D eigenvalue weighted by Gasteiger charge is -1.93. The Bertz CT molecular complexity index is 284. The summed E-state index contributed by atoms with van der Waals surface area (Å²) in [6, 6.07) is 0. The number of rotatable bonds is 2. The van der Waals surface area contributed by atoms with Gasteiger partial charge < -0.3 is 5.73 Å². The molecule has 0 saturated heterocycles. The summed E-state index contributed by atoms with van der Waals surface area (Å²) >= 11 is 0. The zero-order valence-corrected chi connectivity index (χ0v) is 5.37. The minimum absolute atomic E-state index is 0.185. The molecule has 0 aliphatic rings. The number of H-pyrrole nitrogens is 1. The van der Waals surface area contributed by atoms with Gasteiger partial charge in [0.15, 0.2) is 0 Å². The monoisotopic (exact) mass is 140 g/mol. The largest absolute Gasteiger partial charge is 0.368 e. The Kier molecular flexibility index (Phi) is 1.57. The van der Waals surface area contributed by atoms with Crippen molar-refractivity contribution in [3.8, 4) is 0 Å². The molecule has 0 bridgehead atoms. The number of nitrogens with zero attached hydrogens (tertiary/aromatic N) is 2. The minimum Gasteiger partial charge on any atom is -0.368 e. The fourth-order valence-electron chi connectivity index (χ4n) is 0.635. The minimum atomic E-state index is -0.308. The van der Waals surface area contributed by atoms with Crippen molar-refractivity contribution in [1.82, 2.24) is 14.8 Å². The van der Waals surface area contributed by atoms with Crippen molar-refractivity contribution >= 4 is 5.95 Å². The average molecular weight is 140 g/mol. The molecule has 5 nitrogen and oxygen atoms in total. The van der Waals surface area contributed by atoms with Crippen LogP contribution in [0.5, 0.6) is 0 Å². The lowest BCUT2D eigenvalue weighted by Crippen LogP contribution is -2.17. The van der Waals surface area contributed by atoms with Gasteiger partial charge in [-0.2, -0.15) is 0 Å². The van der Waals surface area contributed by atoms with E-state index in [1.54, 1.807) is 6.08 Å². The predicted octanol–water partition coefficient (Wildman–Crippen LogP) is -0.660. The number of nitrogens with two attached hydrogens (primary N) is 1. The van der Waals surface area contributed by atoms with Crippen LogP contribution in [0.15, 0.2) is 17.4 Å². The number of nitrogen functional groups attached to an aromatic ring is 1. The summed E-state index contributed by atoms with van der Waals surface area (Å²) < 4.78 is 1.28. The number of anilines is 1. The number of aromatic nitrogens is 3. The van der Waals surface area contributed by atoms with Crippen molar-refractivity contribution in [2.45, 2.75) is 6.54 Å². The average Bonchev–Trinajstić information content (AvgIpc) is 2.20. The Labute approximate surface area is 57.2 Å². The van der Waals surface area contributed by atoms with Crippen molar-refractivity contribution < 1.29 is 0 Å². The Morgan fingerprint density at radius 3 is 3.00 bits per heavy atom. The van der Waals surface area contributed by atoms with Gasteiger partial charge in [-0.1, -0.05) is 6.08 Å². The van der Waals surface area contributed by atoms with Gasteiger partial charge in [0, 0.05) is 6.54 Å². The van der Waals surface area contributed by atoms with Gasteiger partial charge in [-0.3, -0.25) is 4.57 Å². The van der Waals surface area contributed by atoms with Crippen LogP contribution in [-0.4, -0.2) is 14.8 Å². The molecule has 3 N–H and O–H groups in total. The van der Waals surface area contributed by atoms with Crippen LogP contribution in [0.1, 0.15) is 0 Å². The first-order chi connectivity index (χ1) is 4.75. The van der Waals surface area contributed by atoms with Crippen molar-refractivity contribution in [1.29, 1.82) is 0 Å². The van der Waals surface area contributed by atoms with Gasteiger partial charge in [0.1, 0.15) is 0 Å². The van der Waals surface area contributed by atoms with Gasteiger partial charge in [0.05, 0.1) is 0 Å². The SMILES string of the molecule is C=CCn1c(N)n[nH]c1=O. The first-order valence-electron chi connectivity index (χ1n) is 2.77. The predicted molar refractivity (Wildman–Crippen MR) is 37.5 cm³/mol. The van der Waals surface area contributed by atoms with E-state index in [0.717, 1.165) is 0 Å². The van der Waals surface area contributed by atoms with E-state index in [1.165, 1.54) is 4.57 Å². The molecule has 1 rings (SSSR count). The van der Waals surface area contributed by atoms with Gasteiger partial charge in [-0.15, -0.1) is 11.7 Å². The second-order valence-electron chi connectivity index (χ2n) is 1.79. The van der Waals surface area contributed by atoms with Crippen LogP contribution in [0.2, 0.25) is 0 Å². The van der Waals surface area contributed by atoms with E-state index in [2.05, 4.69) is 16.8 Å². The molecule has 0 aromatic carbocycles. The van der Waals surface area contributed by atoms with Gasteiger partial charge in [-0.25, -0.2) is 9.89 Å². The fraction of sp³-hybridized carbons (Fsp3) is 0.200. The third-order valence-electron chi connectivity index (χ3n) is 1.10. The summed E-state index contributed by atoms with van der Waals surface area (Å²) in [5, 5.41) is 5.70. The van der Waals surface area contributed by atoms with E-state index < -0.39 is 0 Å². The van der Waals surface area contributed by atoms with E-state index in [0.29, 0.717) is 6.54 Å². The standard InChI is InChI=1S/C5H8N4O/c1-2-3-9-4(6)7-8-5(9)10/h2H,1,3H2,(H2,6,7)(H,8,10). The van der Waals surface area contributed by atoms with Crippen molar-refractivity contribution in [2.75, 3.05) is 5.73 Å². The van der Waals surface area contributed by atoms with Gasteiger partial charge in [0.25, 0.3) is 0 Å². The molecule has 1 aromatic rings. The number of hydrogen-bond acceptors (Lipinski definition) is 3. The summed E-state index contributed by atoms with van der Waals surface area (Å²) in [5.41, 5.74) is 4.99. The number of nitrogens with one attached hydrogen (secondary N) is 1. The summed E-state index contributed by atoms with van der Waals surface area (Å²) in [6.07, 6.45) is 1.58. The van der Waals surface area contributed by atoms with E-state index in [4.69, 9.17) is 5.73 Å². The molecule has 1 heterocycles. The molecule has 0 aliphatic heterocycles. The highest BCUT2D eigenvalue weighted by atomic mass is 16.1. The van der Waals surface area contributed by atoms with Crippen molar-refractivity contribution in [3.63, 3.8) is 0 Å². The molecule has 0 saturated carbocycles. The maximum atomic E-state index is 10.7. The van der Waals surface area contributed by atoms with E-state index in [-0.39, 0.29) is 11.6 Å².